The van der Waals surface area contributed by atoms with Crippen LogP contribution in [0.15, 0.2) is 65.1 Å². The summed E-state index contributed by atoms with van der Waals surface area (Å²) in [6, 6.07) is 21.1. The summed E-state index contributed by atoms with van der Waals surface area (Å²) < 4.78 is 8.44. The van der Waals surface area contributed by atoms with Crippen molar-refractivity contribution < 1.29 is 4.74 Å². The third-order valence-corrected chi connectivity index (χ3v) is 6.51. The van der Waals surface area contributed by atoms with Crippen molar-refractivity contribution >= 4 is 58.8 Å². The maximum atomic E-state index is 6.03. The molecule has 0 spiro atoms. The van der Waals surface area contributed by atoms with E-state index in [2.05, 4.69) is 69.4 Å². The van der Waals surface area contributed by atoms with Crippen LogP contribution in [0.25, 0.3) is 20.9 Å². The number of rotatable bonds is 1. The van der Waals surface area contributed by atoms with Crippen LogP contribution in [-0.2, 0) is 0 Å². The fourth-order valence-corrected chi connectivity index (χ4v) is 5.21. The van der Waals surface area contributed by atoms with Gasteiger partial charge in [0.1, 0.15) is 10.8 Å². The van der Waals surface area contributed by atoms with E-state index < -0.39 is 0 Å². The van der Waals surface area contributed by atoms with E-state index in [1.165, 1.54) is 31.5 Å². The molecule has 0 radical (unpaired) electrons. The Hall–Kier alpha value is -2.04. The lowest BCUT2D eigenvalue weighted by atomic mass is 10.1. The number of hydrogen-bond acceptors (Lipinski definition) is 3. The smallest absolute Gasteiger partial charge is 0.166 e. The van der Waals surface area contributed by atoms with E-state index in [9.17, 15) is 0 Å². The predicted molar refractivity (Wildman–Crippen MR) is 101 cm³/mol. The Morgan fingerprint density at radius 1 is 0.957 bits per heavy atom. The van der Waals surface area contributed by atoms with Crippen LogP contribution in [0.2, 0.25) is 0 Å². The molecule has 0 atom stereocenters. The number of nitrogens with zero attached hydrogens (tertiary/aromatic N) is 1. The lowest BCUT2D eigenvalue weighted by Crippen LogP contribution is -2.25. The summed E-state index contributed by atoms with van der Waals surface area (Å²) in [5.41, 5.74) is 1.21. The van der Waals surface area contributed by atoms with Gasteiger partial charge in [0.2, 0.25) is 0 Å². The number of hydrogen-bond donors (Lipinski definition) is 0. The molecule has 0 amide bonds. The van der Waals surface area contributed by atoms with Crippen LogP contribution >= 0.6 is 27.3 Å². The van der Waals surface area contributed by atoms with Gasteiger partial charge in [0.15, 0.2) is 6.73 Å². The molecule has 4 aromatic rings. The zero-order valence-electron chi connectivity index (χ0n) is 12.1. The molecule has 5 rings (SSSR count). The third kappa shape index (κ3) is 1.92. The van der Waals surface area contributed by atoms with E-state index in [0.29, 0.717) is 6.73 Å². The summed E-state index contributed by atoms with van der Waals surface area (Å²) in [4.78, 5) is 2.25. The summed E-state index contributed by atoms with van der Waals surface area (Å²) in [5, 5.41) is 4.83. The highest BCUT2D eigenvalue weighted by Gasteiger charge is 2.24. The molecule has 2 heterocycles. The molecule has 0 saturated heterocycles. The van der Waals surface area contributed by atoms with Gasteiger partial charge in [-0.3, -0.25) is 4.90 Å². The average Bonchev–Trinajstić information content (AvgIpc) is 2.93. The first-order valence-electron chi connectivity index (χ1n) is 7.42. The highest BCUT2D eigenvalue weighted by molar-refractivity contribution is 9.10. The number of halogens is 1. The van der Waals surface area contributed by atoms with Gasteiger partial charge >= 0.3 is 0 Å². The topological polar surface area (TPSA) is 12.5 Å². The second-order valence-corrected chi connectivity index (χ2v) is 7.37. The van der Waals surface area contributed by atoms with E-state index >= 15 is 0 Å². The normalized spacial score (nSPS) is 13.5. The number of ether oxygens (including phenoxy) is 1. The first-order valence-corrected chi connectivity index (χ1v) is 9.03. The van der Waals surface area contributed by atoms with Crippen LogP contribution in [0.1, 0.15) is 0 Å². The van der Waals surface area contributed by atoms with Crippen molar-refractivity contribution in [1.29, 1.82) is 0 Å². The summed E-state index contributed by atoms with van der Waals surface area (Å²) in [7, 11) is 0. The largest absolute Gasteiger partial charge is 0.472 e. The monoisotopic (exact) mass is 381 g/mol. The van der Waals surface area contributed by atoms with Gasteiger partial charge < -0.3 is 4.74 Å². The summed E-state index contributed by atoms with van der Waals surface area (Å²) in [5.74, 6) is 0.964. The molecular weight excluding hydrogens is 370 g/mol. The van der Waals surface area contributed by atoms with E-state index in [4.69, 9.17) is 4.74 Å². The molecule has 0 aliphatic carbocycles. The molecule has 0 fully saturated rings. The van der Waals surface area contributed by atoms with Crippen LogP contribution in [0.4, 0.5) is 10.7 Å². The molecule has 0 unspecified atom stereocenters. The van der Waals surface area contributed by atoms with Gasteiger partial charge in [-0.2, -0.15) is 0 Å². The zero-order valence-corrected chi connectivity index (χ0v) is 14.5. The van der Waals surface area contributed by atoms with E-state index in [-0.39, 0.29) is 0 Å². The molecule has 2 nitrogen and oxygen atoms in total. The van der Waals surface area contributed by atoms with Gasteiger partial charge in [0.25, 0.3) is 0 Å². The molecule has 0 saturated carbocycles. The van der Waals surface area contributed by atoms with Crippen molar-refractivity contribution in [3.8, 4) is 5.75 Å². The lowest BCUT2D eigenvalue weighted by Gasteiger charge is -2.30. The lowest BCUT2D eigenvalue weighted by molar-refractivity contribution is 0.325. The second kappa shape index (κ2) is 4.98. The molecule has 23 heavy (non-hydrogen) atoms. The quantitative estimate of drug-likeness (QED) is 0.383. The number of thiophene rings is 1. The van der Waals surface area contributed by atoms with Crippen LogP contribution in [0, 0.1) is 0 Å². The predicted octanol–water partition coefficient (Wildman–Crippen LogP) is 6.31. The van der Waals surface area contributed by atoms with Crippen molar-refractivity contribution in [1.82, 2.24) is 0 Å². The highest BCUT2D eigenvalue weighted by atomic mass is 79.9. The Labute approximate surface area is 146 Å². The Morgan fingerprint density at radius 3 is 2.65 bits per heavy atom. The summed E-state index contributed by atoms with van der Waals surface area (Å²) in [6.45, 7) is 0.529. The number of benzene rings is 3. The van der Waals surface area contributed by atoms with Gasteiger partial charge in [-0.15, -0.1) is 11.3 Å². The van der Waals surface area contributed by atoms with Gasteiger partial charge in [-0.05, 0) is 39.5 Å². The maximum absolute atomic E-state index is 6.03. The van der Waals surface area contributed by atoms with Crippen molar-refractivity contribution in [2.45, 2.75) is 0 Å². The van der Waals surface area contributed by atoms with E-state index in [0.717, 1.165) is 10.2 Å². The van der Waals surface area contributed by atoms with Crippen molar-refractivity contribution in [3.05, 3.63) is 65.1 Å². The maximum Gasteiger partial charge on any atom is 0.166 e. The minimum absolute atomic E-state index is 0.529. The standard InChI is InChI=1S/C19H12BrNOS/c20-18-13-7-1-2-10-16(13)23-19(18)21-11-22-15-9-4-6-12-5-3-8-14(21)17(12)15/h1-10H,11H2. The van der Waals surface area contributed by atoms with Gasteiger partial charge in [0.05, 0.1) is 10.2 Å². The molecule has 4 heteroatoms. The number of fused-ring (bicyclic) bond motifs is 1. The Kier molecular flexibility index (Phi) is 2.90. The third-order valence-electron chi connectivity index (χ3n) is 4.25. The van der Waals surface area contributed by atoms with Crippen LogP contribution in [0.5, 0.6) is 5.75 Å². The fraction of sp³-hybridized carbons (Fsp3) is 0.0526. The Bertz CT molecular complexity index is 1050. The average molecular weight is 382 g/mol. The number of anilines is 2. The van der Waals surface area contributed by atoms with Crippen LogP contribution < -0.4 is 9.64 Å². The fourth-order valence-electron chi connectivity index (χ4n) is 3.18. The Balaban J connectivity index is 1.78. The zero-order chi connectivity index (χ0) is 15.4. The second-order valence-electron chi connectivity index (χ2n) is 5.55. The van der Waals surface area contributed by atoms with E-state index in [1.807, 2.05) is 12.1 Å². The molecule has 112 valence electrons. The first kappa shape index (κ1) is 13.4. The first-order chi connectivity index (χ1) is 11.3. The molecule has 3 aromatic carbocycles. The molecular formula is C19H12BrNOS. The van der Waals surface area contributed by atoms with Crippen molar-refractivity contribution in [3.63, 3.8) is 0 Å². The summed E-state index contributed by atoms with van der Waals surface area (Å²) >= 11 is 5.58. The van der Waals surface area contributed by atoms with Crippen LogP contribution in [0.3, 0.4) is 0 Å². The molecule has 1 aliphatic rings. The molecule has 0 N–H and O–H groups in total. The minimum Gasteiger partial charge on any atom is -0.472 e. The minimum atomic E-state index is 0.529. The molecule has 1 aromatic heterocycles. The van der Waals surface area contributed by atoms with Crippen molar-refractivity contribution in [2.24, 2.45) is 0 Å². The molecule has 0 bridgehead atoms. The van der Waals surface area contributed by atoms with Gasteiger partial charge in [-0.25, -0.2) is 0 Å². The van der Waals surface area contributed by atoms with E-state index in [1.54, 1.807) is 11.3 Å². The van der Waals surface area contributed by atoms with Gasteiger partial charge in [-0.1, -0.05) is 42.5 Å². The summed E-state index contributed by atoms with van der Waals surface area (Å²) in [6.07, 6.45) is 0. The van der Waals surface area contributed by atoms with Crippen molar-refractivity contribution in [2.75, 3.05) is 11.6 Å². The highest BCUT2D eigenvalue weighted by Crippen LogP contribution is 2.48. The van der Waals surface area contributed by atoms with Crippen LogP contribution in [-0.4, -0.2) is 6.73 Å². The Morgan fingerprint density at radius 2 is 1.78 bits per heavy atom. The molecule has 1 aliphatic heterocycles. The van der Waals surface area contributed by atoms with Gasteiger partial charge in [0, 0.05) is 15.5 Å². The SMILES string of the molecule is Brc1c(N2COc3cccc4cccc2c34)sc2ccccc12.